The minimum absolute atomic E-state index is 0.0109. The second-order valence-electron chi connectivity index (χ2n) is 4.85. The van der Waals surface area contributed by atoms with Crippen molar-refractivity contribution in [3.8, 4) is 0 Å². The Morgan fingerprint density at radius 1 is 1.42 bits per heavy atom. The van der Waals surface area contributed by atoms with Crippen LogP contribution in [-0.4, -0.2) is 25.3 Å². The lowest BCUT2D eigenvalue weighted by molar-refractivity contribution is 0.268. The first-order valence-electron chi connectivity index (χ1n) is 6.33. The van der Waals surface area contributed by atoms with Gasteiger partial charge < -0.3 is 0 Å². The second-order valence-corrected chi connectivity index (χ2v) is 7.01. The molecule has 6 heteroatoms. The smallest absolute Gasteiger partial charge is 0.207 e. The Kier molecular flexibility index (Phi) is 4.48. The summed E-state index contributed by atoms with van der Waals surface area (Å²) in [4.78, 5) is 0.123. The molecule has 0 radical (unpaired) electrons. The van der Waals surface area contributed by atoms with Gasteiger partial charge in [-0.2, -0.15) is 4.31 Å². The molecule has 1 aliphatic rings. The zero-order valence-electron chi connectivity index (χ0n) is 10.8. The van der Waals surface area contributed by atoms with E-state index in [0.717, 1.165) is 19.3 Å². The number of hydrogen-bond donors (Lipinski definition) is 0. The zero-order chi connectivity index (χ0) is 14.0. The summed E-state index contributed by atoms with van der Waals surface area (Å²) in [5, 5.41) is 0. The van der Waals surface area contributed by atoms with Crippen LogP contribution in [0.3, 0.4) is 0 Å². The molecule has 0 bridgehead atoms. The molecule has 2 rings (SSSR count). The largest absolute Gasteiger partial charge is 0.243 e. The van der Waals surface area contributed by atoms with E-state index in [9.17, 15) is 12.8 Å². The van der Waals surface area contributed by atoms with Crippen molar-refractivity contribution in [2.75, 3.05) is 6.54 Å². The van der Waals surface area contributed by atoms with Gasteiger partial charge in [0.15, 0.2) is 0 Å². The number of hydrogen-bond acceptors (Lipinski definition) is 2. The van der Waals surface area contributed by atoms with Crippen LogP contribution in [0, 0.1) is 5.82 Å². The number of nitrogens with zero attached hydrogens (tertiary/aromatic N) is 1. The molecule has 0 amide bonds. The molecule has 0 N–H and O–H groups in total. The molecular weight excluding hydrogens is 289 g/mol. The third kappa shape index (κ3) is 2.93. The van der Waals surface area contributed by atoms with Crippen LogP contribution >= 0.6 is 11.6 Å². The molecule has 0 aromatic heterocycles. The lowest BCUT2D eigenvalue weighted by Crippen LogP contribution is -2.41. The summed E-state index contributed by atoms with van der Waals surface area (Å²) >= 11 is 5.62. The van der Waals surface area contributed by atoms with Gasteiger partial charge in [-0.05, 0) is 38.0 Å². The van der Waals surface area contributed by atoms with E-state index in [1.54, 1.807) is 0 Å². The topological polar surface area (TPSA) is 37.4 Å². The van der Waals surface area contributed by atoms with Crippen LogP contribution < -0.4 is 0 Å². The molecular formula is C13H17ClFNO2S. The van der Waals surface area contributed by atoms with E-state index < -0.39 is 15.8 Å². The highest BCUT2D eigenvalue weighted by Gasteiger charge is 2.31. The summed E-state index contributed by atoms with van der Waals surface area (Å²) in [6, 6.07) is 3.79. The molecule has 106 valence electrons. The molecule has 1 aromatic rings. The average Bonchev–Trinajstić information content (AvgIpc) is 2.39. The summed E-state index contributed by atoms with van der Waals surface area (Å²) in [6.07, 6.45) is 2.78. The van der Waals surface area contributed by atoms with Crippen molar-refractivity contribution in [3.05, 3.63) is 29.6 Å². The second kappa shape index (κ2) is 5.77. The Hall–Kier alpha value is -0.650. The summed E-state index contributed by atoms with van der Waals surface area (Å²) in [5.41, 5.74) is 0.215. The molecule has 0 saturated carbocycles. The van der Waals surface area contributed by atoms with E-state index in [2.05, 4.69) is 0 Å². The highest BCUT2D eigenvalue weighted by molar-refractivity contribution is 7.89. The summed E-state index contributed by atoms with van der Waals surface area (Å²) in [6.45, 7) is 2.43. The Labute approximate surface area is 118 Å². The first kappa shape index (κ1) is 14.8. The van der Waals surface area contributed by atoms with Gasteiger partial charge in [-0.15, -0.1) is 11.6 Å². The normalized spacial score (nSPS) is 21.5. The fourth-order valence-corrected chi connectivity index (χ4v) is 4.33. The van der Waals surface area contributed by atoms with E-state index in [4.69, 9.17) is 11.6 Å². The minimum atomic E-state index is -3.55. The van der Waals surface area contributed by atoms with E-state index in [1.807, 2.05) is 6.92 Å². The van der Waals surface area contributed by atoms with Gasteiger partial charge in [0.2, 0.25) is 10.0 Å². The van der Waals surface area contributed by atoms with E-state index in [0.29, 0.717) is 6.54 Å². The van der Waals surface area contributed by atoms with Gasteiger partial charge in [-0.25, -0.2) is 12.8 Å². The van der Waals surface area contributed by atoms with Crippen LogP contribution in [0.2, 0.25) is 0 Å². The number of benzene rings is 1. The monoisotopic (exact) mass is 305 g/mol. The molecule has 1 atom stereocenters. The quantitative estimate of drug-likeness (QED) is 0.805. The summed E-state index contributed by atoms with van der Waals surface area (Å²) in [7, 11) is -3.55. The Bertz CT molecular complexity index is 562. The van der Waals surface area contributed by atoms with Crippen LogP contribution in [0.15, 0.2) is 23.1 Å². The van der Waals surface area contributed by atoms with Crippen LogP contribution in [-0.2, 0) is 15.9 Å². The van der Waals surface area contributed by atoms with Crippen molar-refractivity contribution in [2.45, 2.75) is 43.0 Å². The Morgan fingerprint density at radius 3 is 2.79 bits per heavy atom. The van der Waals surface area contributed by atoms with Crippen molar-refractivity contribution in [1.29, 1.82) is 0 Å². The maximum absolute atomic E-state index is 13.4. The fourth-order valence-electron chi connectivity index (χ4n) is 2.38. The Morgan fingerprint density at radius 2 is 2.16 bits per heavy atom. The van der Waals surface area contributed by atoms with Crippen molar-refractivity contribution in [1.82, 2.24) is 4.31 Å². The number of sulfonamides is 1. The molecule has 1 unspecified atom stereocenters. The van der Waals surface area contributed by atoms with Gasteiger partial charge in [0.1, 0.15) is 5.82 Å². The maximum Gasteiger partial charge on any atom is 0.243 e. The SMILES string of the molecule is CC1CCCCN1S(=O)(=O)c1ccc(F)c(CCl)c1. The van der Waals surface area contributed by atoms with E-state index >= 15 is 0 Å². The Balaban J connectivity index is 2.38. The first-order chi connectivity index (χ1) is 8.96. The van der Waals surface area contributed by atoms with Crippen LogP contribution in [0.25, 0.3) is 0 Å². The first-order valence-corrected chi connectivity index (χ1v) is 8.30. The maximum atomic E-state index is 13.4. The van der Waals surface area contributed by atoms with Crippen molar-refractivity contribution in [3.63, 3.8) is 0 Å². The average molecular weight is 306 g/mol. The van der Waals surface area contributed by atoms with Crippen molar-refractivity contribution in [2.24, 2.45) is 0 Å². The number of rotatable bonds is 3. The molecule has 0 aliphatic carbocycles. The third-order valence-corrected chi connectivity index (χ3v) is 5.81. The minimum Gasteiger partial charge on any atom is -0.207 e. The number of halogens is 2. The lowest BCUT2D eigenvalue weighted by Gasteiger charge is -2.32. The molecule has 1 fully saturated rings. The molecule has 1 saturated heterocycles. The molecule has 0 spiro atoms. The van der Waals surface area contributed by atoms with Crippen LogP contribution in [0.1, 0.15) is 31.7 Å². The van der Waals surface area contributed by atoms with E-state index in [1.165, 1.54) is 22.5 Å². The van der Waals surface area contributed by atoms with Gasteiger partial charge in [0.05, 0.1) is 10.8 Å². The van der Waals surface area contributed by atoms with Gasteiger partial charge in [0.25, 0.3) is 0 Å². The summed E-state index contributed by atoms with van der Waals surface area (Å²) in [5.74, 6) is -0.509. The zero-order valence-corrected chi connectivity index (χ0v) is 12.3. The van der Waals surface area contributed by atoms with Gasteiger partial charge in [-0.1, -0.05) is 6.42 Å². The highest BCUT2D eigenvalue weighted by Crippen LogP contribution is 2.26. The van der Waals surface area contributed by atoms with Gasteiger partial charge in [-0.3, -0.25) is 0 Å². The number of piperidine rings is 1. The number of alkyl halides is 1. The highest BCUT2D eigenvalue weighted by atomic mass is 35.5. The van der Waals surface area contributed by atoms with Gasteiger partial charge in [0, 0.05) is 18.2 Å². The van der Waals surface area contributed by atoms with Crippen LogP contribution in [0.5, 0.6) is 0 Å². The molecule has 1 aliphatic heterocycles. The molecule has 1 aromatic carbocycles. The third-order valence-electron chi connectivity index (χ3n) is 3.51. The van der Waals surface area contributed by atoms with Crippen molar-refractivity contribution < 1.29 is 12.8 Å². The van der Waals surface area contributed by atoms with Crippen LogP contribution in [0.4, 0.5) is 4.39 Å². The summed E-state index contributed by atoms with van der Waals surface area (Å²) < 4.78 is 40.0. The standard InChI is InChI=1S/C13H17ClFNO2S/c1-10-4-2-3-7-16(10)19(17,18)12-5-6-13(15)11(8-12)9-14/h5-6,8,10H,2-4,7,9H2,1H3. The molecule has 1 heterocycles. The fraction of sp³-hybridized carbons (Fsp3) is 0.538. The van der Waals surface area contributed by atoms with Crippen molar-refractivity contribution >= 4 is 21.6 Å². The van der Waals surface area contributed by atoms with E-state index in [-0.39, 0.29) is 22.4 Å². The lowest BCUT2D eigenvalue weighted by atomic mass is 10.1. The van der Waals surface area contributed by atoms with Gasteiger partial charge >= 0.3 is 0 Å². The predicted octanol–water partition coefficient (Wildman–Crippen LogP) is 3.13. The molecule has 3 nitrogen and oxygen atoms in total. The predicted molar refractivity (Wildman–Crippen MR) is 73.2 cm³/mol. The molecule has 19 heavy (non-hydrogen) atoms.